The first-order chi connectivity index (χ1) is 12.9. The van der Waals surface area contributed by atoms with Crippen molar-refractivity contribution in [3.8, 4) is 6.07 Å². The Morgan fingerprint density at radius 1 is 0.964 bits per heavy atom. The quantitative estimate of drug-likeness (QED) is 0.716. The molecule has 0 fully saturated rings. The highest BCUT2D eigenvalue weighted by Crippen LogP contribution is 2.17. The summed E-state index contributed by atoms with van der Waals surface area (Å²) in [6.07, 6.45) is 5.17. The number of aromatic nitrogens is 2. The summed E-state index contributed by atoms with van der Waals surface area (Å²) in [7, 11) is -3.83. The molecule has 2 aromatic heterocycles. The predicted octanol–water partition coefficient (Wildman–Crippen LogP) is 0.285. The third-order valence-electron chi connectivity index (χ3n) is 3.59. The van der Waals surface area contributed by atoms with Crippen LogP contribution in [0.4, 0.5) is 11.6 Å². The van der Waals surface area contributed by atoms with Crippen LogP contribution >= 0.6 is 0 Å². The molecule has 0 saturated heterocycles. The lowest BCUT2D eigenvalue weighted by atomic mass is 10.2. The summed E-state index contributed by atoms with van der Waals surface area (Å²) >= 11 is 0. The molecular formula is C16H22N6O4S2. The van der Waals surface area contributed by atoms with Crippen molar-refractivity contribution in [2.75, 3.05) is 35.2 Å². The molecule has 28 heavy (non-hydrogen) atoms. The zero-order chi connectivity index (χ0) is 21.5. The van der Waals surface area contributed by atoms with Gasteiger partial charge in [-0.25, -0.2) is 26.8 Å². The Morgan fingerprint density at radius 3 is 1.89 bits per heavy atom. The fourth-order valence-electron chi connectivity index (χ4n) is 1.92. The minimum Gasteiger partial charge on any atom is -0.326 e. The molecule has 0 aliphatic rings. The summed E-state index contributed by atoms with van der Waals surface area (Å²) in [5.41, 5.74) is 6.42. The van der Waals surface area contributed by atoms with E-state index in [1.54, 1.807) is 18.2 Å². The maximum atomic E-state index is 11.2. The summed E-state index contributed by atoms with van der Waals surface area (Å²) in [5.74, 6) is 0.537. The maximum Gasteiger partial charge on any atom is 0.233 e. The maximum absolute atomic E-state index is 11.2. The number of pyridine rings is 2. The molecule has 0 saturated carbocycles. The second-order valence-electron chi connectivity index (χ2n) is 5.64. The SMILES string of the molecule is CN(c1ncccc1C#N)S(C)(=O)=O.CN(c1ncccc1CN)S(C)(=O)=O. The molecule has 0 atom stereocenters. The first-order valence-corrected chi connectivity index (χ1v) is 11.5. The second kappa shape index (κ2) is 9.45. The second-order valence-corrected chi connectivity index (χ2v) is 9.67. The molecule has 0 unspecified atom stereocenters. The predicted molar refractivity (Wildman–Crippen MR) is 108 cm³/mol. The normalized spacial score (nSPS) is 11.0. The van der Waals surface area contributed by atoms with Gasteiger partial charge in [-0.3, -0.25) is 8.61 Å². The fraction of sp³-hybridized carbons (Fsp3) is 0.312. The molecule has 0 aromatic carbocycles. The monoisotopic (exact) mass is 426 g/mol. The lowest BCUT2D eigenvalue weighted by molar-refractivity contribution is 0.598. The van der Waals surface area contributed by atoms with Gasteiger partial charge in [0.25, 0.3) is 0 Å². The van der Waals surface area contributed by atoms with Crippen molar-refractivity contribution in [3.05, 3.63) is 47.8 Å². The van der Waals surface area contributed by atoms with E-state index >= 15 is 0 Å². The first kappa shape index (κ1) is 23.3. The molecular weight excluding hydrogens is 404 g/mol. The molecule has 152 valence electrons. The van der Waals surface area contributed by atoms with Crippen molar-refractivity contribution in [2.45, 2.75) is 6.54 Å². The number of sulfonamides is 2. The minimum atomic E-state index is -3.37. The lowest BCUT2D eigenvalue weighted by Gasteiger charge is -2.17. The summed E-state index contributed by atoms with van der Waals surface area (Å²) in [5, 5.41) is 8.72. The Labute approximate surface area is 165 Å². The van der Waals surface area contributed by atoms with Crippen LogP contribution in [0.1, 0.15) is 11.1 Å². The number of hydrogen-bond donors (Lipinski definition) is 1. The van der Waals surface area contributed by atoms with E-state index in [2.05, 4.69) is 9.97 Å². The van der Waals surface area contributed by atoms with E-state index in [-0.39, 0.29) is 17.9 Å². The van der Waals surface area contributed by atoms with Crippen molar-refractivity contribution in [2.24, 2.45) is 5.73 Å². The van der Waals surface area contributed by atoms with Gasteiger partial charge in [0.05, 0.1) is 18.1 Å². The Hall–Kier alpha value is -2.75. The van der Waals surface area contributed by atoms with Gasteiger partial charge in [0.15, 0.2) is 5.82 Å². The van der Waals surface area contributed by atoms with Crippen LogP contribution in [0.5, 0.6) is 0 Å². The third-order valence-corrected chi connectivity index (χ3v) is 5.92. The highest BCUT2D eigenvalue weighted by molar-refractivity contribution is 7.92. The third kappa shape index (κ3) is 6.15. The Balaban J connectivity index is 0.000000280. The van der Waals surface area contributed by atoms with E-state index in [0.717, 1.165) is 21.1 Å². The van der Waals surface area contributed by atoms with Crippen LogP contribution < -0.4 is 14.3 Å². The Kier molecular flexibility index (Phi) is 7.86. The molecule has 0 amide bonds. The molecule has 2 heterocycles. The van der Waals surface area contributed by atoms with Crippen molar-refractivity contribution in [1.82, 2.24) is 9.97 Å². The van der Waals surface area contributed by atoms with E-state index in [1.165, 1.54) is 32.6 Å². The fourth-order valence-corrected chi connectivity index (χ4v) is 2.86. The zero-order valence-electron chi connectivity index (χ0n) is 15.9. The van der Waals surface area contributed by atoms with Gasteiger partial charge in [-0.15, -0.1) is 0 Å². The number of nitrogens with zero attached hydrogens (tertiary/aromatic N) is 5. The number of anilines is 2. The van der Waals surface area contributed by atoms with Gasteiger partial charge in [0.1, 0.15) is 11.9 Å². The van der Waals surface area contributed by atoms with Gasteiger partial charge in [0, 0.05) is 38.6 Å². The molecule has 0 aliphatic carbocycles. The van der Waals surface area contributed by atoms with Gasteiger partial charge in [-0.2, -0.15) is 5.26 Å². The average molecular weight is 427 g/mol. The lowest BCUT2D eigenvalue weighted by Crippen LogP contribution is -2.27. The summed E-state index contributed by atoms with van der Waals surface area (Å²) < 4.78 is 46.9. The summed E-state index contributed by atoms with van der Waals surface area (Å²) in [4.78, 5) is 7.82. The van der Waals surface area contributed by atoms with Gasteiger partial charge >= 0.3 is 0 Å². The summed E-state index contributed by atoms with van der Waals surface area (Å²) in [6.45, 7) is 0.267. The standard InChI is InChI=1S/C8H13N3O2S.C8H9N3O2S/c2*1-11(14(2,12)13)8-7(6-9)4-3-5-10-8/h3-5H,6,9H2,1-2H3;3-5H,1-2H3. The number of nitrogens with two attached hydrogens (primary N) is 1. The van der Waals surface area contributed by atoms with Crippen LogP contribution in [0.15, 0.2) is 36.7 Å². The number of rotatable bonds is 5. The average Bonchev–Trinajstić information content (AvgIpc) is 2.65. The molecule has 0 bridgehead atoms. The first-order valence-electron chi connectivity index (χ1n) is 7.80. The molecule has 10 nitrogen and oxygen atoms in total. The smallest absolute Gasteiger partial charge is 0.233 e. The molecule has 2 aromatic rings. The van der Waals surface area contributed by atoms with Crippen molar-refractivity contribution in [3.63, 3.8) is 0 Å². The van der Waals surface area contributed by atoms with Crippen molar-refractivity contribution < 1.29 is 16.8 Å². The largest absolute Gasteiger partial charge is 0.326 e. The zero-order valence-corrected chi connectivity index (χ0v) is 17.6. The van der Waals surface area contributed by atoms with Crippen molar-refractivity contribution >= 4 is 31.7 Å². The van der Waals surface area contributed by atoms with E-state index in [9.17, 15) is 16.8 Å². The minimum absolute atomic E-state index is 0.150. The molecule has 0 aliphatic heterocycles. The molecule has 12 heteroatoms. The Bertz CT molecular complexity index is 1060. The highest BCUT2D eigenvalue weighted by atomic mass is 32.2. The molecule has 2 N–H and O–H groups in total. The number of nitriles is 1. The van der Waals surface area contributed by atoms with Gasteiger partial charge in [-0.05, 0) is 18.2 Å². The van der Waals surface area contributed by atoms with Crippen LogP contribution in [-0.4, -0.2) is 53.4 Å². The van der Waals surface area contributed by atoms with Crippen LogP contribution in [0.3, 0.4) is 0 Å². The highest BCUT2D eigenvalue weighted by Gasteiger charge is 2.17. The van der Waals surface area contributed by atoms with Crippen LogP contribution in [0.25, 0.3) is 0 Å². The topological polar surface area (TPSA) is 150 Å². The van der Waals surface area contributed by atoms with Gasteiger partial charge in [-0.1, -0.05) is 6.07 Å². The van der Waals surface area contributed by atoms with Crippen molar-refractivity contribution in [1.29, 1.82) is 5.26 Å². The Morgan fingerprint density at radius 2 is 1.43 bits per heavy atom. The van der Waals surface area contributed by atoms with E-state index in [1.807, 2.05) is 6.07 Å². The van der Waals surface area contributed by atoms with Crippen LogP contribution in [0, 0.1) is 11.3 Å². The van der Waals surface area contributed by atoms with Crippen LogP contribution in [0.2, 0.25) is 0 Å². The van der Waals surface area contributed by atoms with Crippen LogP contribution in [-0.2, 0) is 26.6 Å². The molecule has 2 rings (SSSR count). The van der Waals surface area contributed by atoms with E-state index in [0.29, 0.717) is 11.4 Å². The van der Waals surface area contributed by atoms with E-state index in [4.69, 9.17) is 11.0 Å². The van der Waals surface area contributed by atoms with Gasteiger partial charge in [0.2, 0.25) is 20.0 Å². The van der Waals surface area contributed by atoms with E-state index < -0.39 is 20.0 Å². The number of hydrogen-bond acceptors (Lipinski definition) is 8. The molecule has 0 spiro atoms. The summed E-state index contributed by atoms with van der Waals surface area (Å²) in [6, 6.07) is 8.46. The molecule has 0 radical (unpaired) electrons. The van der Waals surface area contributed by atoms with Gasteiger partial charge < -0.3 is 5.73 Å².